The number of hydrogen-bond acceptors (Lipinski definition) is 4. The smallest absolute Gasteiger partial charge is 0.315 e. The predicted octanol–water partition coefficient (Wildman–Crippen LogP) is 3.73. The van der Waals surface area contributed by atoms with Gasteiger partial charge in [0.05, 0.1) is 0 Å². The van der Waals surface area contributed by atoms with Crippen molar-refractivity contribution in [3.05, 3.63) is 58.1 Å². The summed E-state index contributed by atoms with van der Waals surface area (Å²) in [5.41, 5.74) is 2.20. The Morgan fingerprint density at radius 3 is 2.47 bits per heavy atom. The lowest BCUT2D eigenvalue weighted by Crippen LogP contribution is -2.48. The highest BCUT2D eigenvalue weighted by Gasteiger charge is 2.21. The van der Waals surface area contributed by atoms with Crippen molar-refractivity contribution in [2.45, 2.75) is 31.8 Å². The second-order valence-corrected chi connectivity index (χ2v) is 8.76. The van der Waals surface area contributed by atoms with Crippen LogP contribution >= 0.6 is 15.9 Å². The summed E-state index contributed by atoms with van der Waals surface area (Å²) in [4.78, 5) is 15.0. The number of fused-ring (bicyclic) bond motifs is 1. The molecule has 0 unspecified atom stereocenters. The Balaban J connectivity index is 1.37. The SMILES string of the molecule is O=C(NCc1ccc(Br)cc1)N[C@@H](Cc1ccc2c(c1)OCCO2)CN1CCCC1. The van der Waals surface area contributed by atoms with Gasteiger partial charge in [0.1, 0.15) is 13.2 Å². The largest absolute Gasteiger partial charge is 0.486 e. The molecular weight excluding hydrogens is 446 g/mol. The van der Waals surface area contributed by atoms with E-state index in [9.17, 15) is 4.79 Å². The maximum absolute atomic E-state index is 12.6. The van der Waals surface area contributed by atoms with E-state index in [4.69, 9.17) is 9.47 Å². The summed E-state index contributed by atoms with van der Waals surface area (Å²) in [5.74, 6) is 1.58. The van der Waals surface area contributed by atoms with Crippen LogP contribution in [0.1, 0.15) is 24.0 Å². The molecular formula is C23H28BrN3O3. The van der Waals surface area contributed by atoms with Crippen molar-refractivity contribution < 1.29 is 14.3 Å². The van der Waals surface area contributed by atoms with Crippen molar-refractivity contribution in [2.24, 2.45) is 0 Å². The van der Waals surface area contributed by atoms with E-state index in [0.717, 1.165) is 53.2 Å². The number of carbonyl (C=O) groups excluding carboxylic acids is 1. The summed E-state index contributed by atoms with van der Waals surface area (Å²) >= 11 is 3.43. The molecule has 2 aromatic carbocycles. The van der Waals surface area contributed by atoms with Gasteiger partial charge in [0.2, 0.25) is 0 Å². The lowest BCUT2D eigenvalue weighted by Gasteiger charge is -2.25. The van der Waals surface area contributed by atoms with Gasteiger partial charge in [-0.05, 0) is 67.7 Å². The van der Waals surface area contributed by atoms with E-state index in [1.807, 2.05) is 36.4 Å². The highest BCUT2D eigenvalue weighted by Crippen LogP contribution is 2.31. The van der Waals surface area contributed by atoms with E-state index in [0.29, 0.717) is 19.8 Å². The summed E-state index contributed by atoms with van der Waals surface area (Å²) in [6.45, 7) is 4.70. The zero-order valence-electron chi connectivity index (χ0n) is 17.0. The number of amides is 2. The van der Waals surface area contributed by atoms with Gasteiger partial charge in [-0.25, -0.2) is 4.79 Å². The number of hydrogen-bond donors (Lipinski definition) is 2. The van der Waals surface area contributed by atoms with Crippen LogP contribution in [0.5, 0.6) is 11.5 Å². The molecule has 2 amide bonds. The summed E-state index contributed by atoms with van der Waals surface area (Å²) in [6.07, 6.45) is 3.21. The van der Waals surface area contributed by atoms with Crippen molar-refractivity contribution >= 4 is 22.0 Å². The molecule has 0 saturated carbocycles. The minimum atomic E-state index is -0.139. The number of ether oxygens (including phenoxy) is 2. The molecule has 1 saturated heterocycles. The number of halogens is 1. The topological polar surface area (TPSA) is 62.8 Å². The quantitative estimate of drug-likeness (QED) is 0.642. The van der Waals surface area contributed by atoms with E-state index in [1.165, 1.54) is 12.8 Å². The molecule has 0 aromatic heterocycles. The van der Waals surface area contributed by atoms with Crippen molar-refractivity contribution in [3.8, 4) is 11.5 Å². The maximum atomic E-state index is 12.6. The molecule has 0 aliphatic carbocycles. The normalized spacial score (nSPS) is 16.8. The van der Waals surface area contributed by atoms with Gasteiger partial charge in [0, 0.05) is 23.6 Å². The molecule has 2 heterocycles. The van der Waals surface area contributed by atoms with Crippen LogP contribution in [0.2, 0.25) is 0 Å². The second kappa shape index (κ2) is 10.2. The van der Waals surface area contributed by atoms with Gasteiger partial charge in [-0.2, -0.15) is 0 Å². The van der Waals surface area contributed by atoms with Crippen LogP contribution in [0.25, 0.3) is 0 Å². The van der Waals surface area contributed by atoms with E-state index in [-0.39, 0.29) is 12.1 Å². The number of urea groups is 1. The van der Waals surface area contributed by atoms with Gasteiger partial charge in [0.15, 0.2) is 11.5 Å². The van der Waals surface area contributed by atoms with Gasteiger partial charge in [-0.3, -0.25) is 0 Å². The first-order valence-corrected chi connectivity index (χ1v) is 11.3. The summed E-state index contributed by atoms with van der Waals surface area (Å²) in [6, 6.07) is 13.9. The first kappa shape index (κ1) is 21.0. The first-order valence-electron chi connectivity index (χ1n) is 10.6. The first-order chi connectivity index (χ1) is 14.7. The van der Waals surface area contributed by atoms with E-state index >= 15 is 0 Å². The van der Waals surface area contributed by atoms with Gasteiger partial charge in [-0.1, -0.05) is 34.1 Å². The van der Waals surface area contributed by atoms with E-state index in [1.54, 1.807) is 0 Å². The molecule has 0 spiro atoms. The van der Waals surface area contributed by atoms with Crippen molar-refractivity contribution in [3.63, 3.8) is 0 Å². The summed E-state index contributed by atoms with van der Waals surface area (Å²) < 4.78 is 12.4. The molecule has 6 nitrogen and oxygen atoms in total. The Hall–Kier alpha value is -2.25. The number of benzene rings is 2. The van der Waals surface area contributed by atoms with Gasteiger partial charge < -0.3 is 25.0 Å². The van der Waals surface area contributed by atoms with Crippen LogP contribution in [-0.2, 0) is 13.0 Å². The van der Waals surface area contributed by atoms with E-state index < -0.39 is 0 Å². The Labute approximate surface area is 186 Å². The van der Waals surface area contributed by atoms with Crippen LogP contribution < -0.4 is 20.1 Å². The highest BCUT2D eigenvalue weighted by molar-refractivity contribution is 9.10. The fourth-order valence-corrected chi connectivity index (χ4v) is 4.22. The standard InChI is InChI=1S/C23H28BrN3O3/c24-19-6-3-17(4-7-19)15-25-23(28)26-20(16-27-9-1-2-10-27)13-18-5-8-21-22(14-18)30-12-11-29-21/h3-8,14,20H,1-2,9-13,15-16H2,(H2,25,26,28)/t20-/m0/s1. The minimum Gasteiger partial charge on any atom is -0.486 e. The zero-order chi connectivity index (χ0) is 20.8. The number of nitrogens with zero attached hydrogens (tertiary/aromatic N) is 1. The Bertz CT molecular complexity index is 853. The van der Waals surface area contributed by atoms with Crippen LogP contribution in [0.4, 0.5) is 4.79 Å². The molecule has 2 aliphatic heterocycles. The van der Waals surface area contributed by atoms with Gasteiger partial charge in [0.25, 0.3) is 0 Å². The second-order valence-electron chi connectivity index (χ2n) is 7.84. The molecule has 160 valence electrons. The molecule has 2 aromatic rings. The minimum absolute atomic E-state index is 0.0237. The third-order valence-electron chi connectivity index (χ3n) is 5.47. The number of nitrogens with one attached hydrogen (secondary N) is 2. The van der Waals surface area contributed by atoms with Gasteiger partial charge in [-0.15, -0.1) is 0 Å². The molecule has 2 aliphatic rings. The summed E-state index contributed by atoms with van der Waals surface area (Å²) in [7, 11) is 0. The lowest BCUT2D eigenvalue weighted by atomic mass is 10.0. The lowest BCUT2D eigenvalue weighted by molar-refractivity contribution is 0.171. The number of likely N-dealkylation sites (tertiary alicyclic amines) is 1. The van der Waals surface area contributed by atoms with Crippen molar-refractivity contribution in [2.75, 3.05) is 32.8 Å². The fraction of sp³-hybridized carbons (Fsp3) is 0.435. The fourth-order valence-electron chi connectivity index (χ4n) is 3.96. The average Bonchev–Trinajstić information content (AvgIpc) is 3.26. The maximum Gasteiger partial charge on any atom is 0.315 e. The molecule has 4 rings (SSSR count). The van der Waals surface area contributed by atoms with E-state index in [2.05, 4.69) is 37.5 Å². The number of carbonyl (C=O) groups is 1. The molecule has 1 fully saturated rings. The molecule has 1 atom stereocenters. The Morgan fingerprint density at radius 2 is 1.70 bits per heavy atom. The third-order valence-corrected chi connectivity index (χ3v) is 6.00. The molecule has 0 bridgehead atoms. The van der Waals surface area contributed by atoms with Crippen LogP contribution in [0, 0.1) is 0 Å². The van der Waals surface area contributed by atoms with Crippen molar-refractivity contribution in [1.82, 2.24) is 15.5 Å². The Kier molecular flexibility index (Phi) is 7.12. The molecule has 7 heteroatoms. The predicted molar refractivity (Wildman–Crippen MR) is 120 cm³/mol. The van der Waals surface area contributed by atoms with Crippen LogP contribution in [-0.4, -0.2) is 49.8 Å². The van der Waals surface area contributed by atoms with Gasteiger partial charge >= 0.3 is 6.03 Å². The Morgan fingerprint density at radius 1 is 1.00 bits per heavy atom. The van der Waals surface area contributed by atoms with Crippen molar-refractivity contribution in [1.29, 1.82) is 0 Å². The molecule has 30 heavy (non-hydrogen) atoms. The molecule has 2 N–H and O–H groups in total. The molecule has 0 radical (unpaired) electrons. The van der Waals surface area contributed by atoms with Crippen LogP contribution in [0.15, 0.2) is 46.9 Å². The summed E-state index contributed by atoms with van der Waals surface area (Å²) in [5, 5.41) is 6.16. The monoisotopic (exact) mass is 473 g/mol. The highest BCUT2D eigenvalue weighted by atomic mass is 79.9. The average molecular weight is 474 g/mol. The van der Waals surface area contributed by atoms with Crippen LogP contribution in [0.3, 0.4) is 0 Å². The number of rotatable bonds is 7. The third kappa shape index (κ3) is 5.89. The zero-order valence-corrected chi connectivity index (χ0v) is 18.6.